The van der Waals surface area contributed by atoms with Crippen LogP contribution in [-0.4, -0.2) is 26.4 Å². The Bertz CT molecular complexity index is 1380. The van der Waals surface area contributed by atoms with Crippen molar-refractivity contribution in [3.05, 3.63) is 82.9 Å². The fraction of sp³-hybridized carbons (Fsp3) is 0.130. The van der Waals surface area contributed by atoms with Crippen LogP contribution >= 0.6 is 11.3 Å². The number of aryl methyl sites for hydroxylation is 1. The Morgan fingerprint density at radius 1 is 1.06 bits per heavy atom. The highest BCUT2D eigenvalue weighted by atomic mass is 32.2. The van der Waals surface area contributed by atoms with Gasteiger partial charge in [0.05, 0.1) is 27.2 Å². The number of thiazole rings is 1. The van der Waals surface area contributed by atoms with E-state index in [1.807, 2.05) is 25.1 Å². The molecule has 0 aliphatic rings. The molecule has 164 valence electrons. The maximum atomic E-state index is 12.6. The molecule has 1 amide bonds. The van der Waals surface area contributed by atoms with Gasteiger partial charge >= 0.3 is 0 Å². The average Bonchev–Trinajstić information content (AvgIpc) is 3.17. The number of amides is 1. The van der Waals surface area contributed by atoms with Crippen LogP contribution < -0.4 is 14.8 Å². The lowest BCUT2D eigenvalue weighted by atomic mass is 10.1. The zero-order chi connectivity index (χ0) is 22.7. The third-order valence-corrected chi connectivity index (χ3v) is 7.14. The van der Waals surface area contributed by atoms with Crippen molar-refractivity contribution in [3.63, 3.8) is 0 Å². The molecule has 2 N–H and O–H groups in total. The number of hydrogen-bond donors (Lipinski definition) is 2. The number of methoxy groups -OCH3 is 1. The van der Waals surface area contributed by atoms with Gasteiger partial charge in [-0.15, -0.1) is 11.3 Å². The zero-order valence-corrected chi connectivity index (χ0v) is 19.1. The largest absolute Gasteiger partial charge is 0.497 e. The number of carbonyl (C=O) groups is 1. The van der Waals surface area contributed by atoms with Gasteiger partial charge in [0.25, 0.3) is 5.91 Å². The lowest BCUT2D eigenvalue weighted by Crippen LogP contribution is -2.23. The Kier molecular flexibility index (Phi) is 6.22. The average molecular weight is 468 g/mol. The van der Waals surface area contributed by atoms with Crippen LogP contribution in [0.4, 0.5) is 5.69 Å². The van der Waals surface area contributed by atoms with E-state index in [2.05, 4.69) is 15.0 Å². The molecule has 0 unspecified atom stereocenters. The van der Waals surface area contributed by atoms with E-state index in [4.69, 9.17) is 4.74 Å². The van der Waals surface area contributed by atoms with Crippen LogP contribution in [0.1, 0.15) is 20.9 Å². The number of benzene rings is 3. The molecule has 1 heterocycles. The van der Waals surface area contributed by atoms with Gasteiger partial charge < -0.3 is 10.1 Å². The molecule has 0 aliphatic carbocycles. The normalized spacial score (nSPS) is 11.4. The second-order valence-corrected chi connectivity index (χ2v) is 10.1. The molecule has 0 saturated carbocycles. The third kappa shape index (κ3) is 4.96. The van der Waals surface area contributed by atoms with Crippen LogP contribution in [0.2, 0.25) is 0 Å². The first-order valence-corrected chi connectivity index (χ1v) is 12.1. The molecule has 0 bridgehead atoms. The Morgan fingerprint density at radius 2 is 1.84 bits per heavy atom. The topological polar surface area (TPSA) is 97.4 Å². The summed E-state index contributed by atoms with van der Waals surface area (Å²) in [4.78, 5) is 17.1. The number of nitrogens with zero attached hydrogens (tertiary/aromatic N) is 1. The smallest absolute Gasteiger partial charge is 0.255 e. The summed E-state index contributed by atoms with van der Waals surface area (Å²) < 4.78 is 33.7. The first-order chi connectivity index (χ1) is 15.3. The van der Waals surface area contributed by atoms with Crippen molar-refractivity contribution >= 4 is 43.2 Å². The van der Waals surface area contributed by atoms with E-state index < -0.39 is 10.0 Å². The minimum absolute atomic E-state index is 0.0985. The Hall–Kier alpha value is -3.27. The summed E-state index contributed by atoms with van der Waals surface area (Å²) in [6.07, 6.45) is 0. The maximum Gasteiger partial charge on any atom is 0.255 e. The summed E-state index contributed by atoms with van der Waals surface area (Å²) in [6, 6.07) is 18.7. The predicted octanol–water partition coefficient (Wildman–Crippen LogP) is 4.34. The van der Waals surface area contributed by atoms with Crippen LogP contribution in [0.15, 0.2) is 71.6 Å². The highest BCUT2D eigenvalue weighted by Crippen LogP contribution is 2.24. The van der Waals surface area contributed by atoms with Gasteiger partial charge in [0.2, 0.25) is 10.0 Å². The van der Waals surface area contributed by atoms with Crippen LogP contribution in [-0.2, 0) is 16.6 Å². The highest BCUT2D eigenvalue weighted by Gasteiger charge is 2.15. The van der Waals surface area contributed by atoms with Crippen LogP contribution in [0.25, 0.3) is 10.2 Å². The monoisotopic (exact) mass is 467 g/mol. The molecule has 0 radical (unpaired) electrons. The number of sulfonamides is 1. The van der Waals surface area contributed by atoms with E-state index in [1.54, 1.807) is 47.7 Å². The molecule has 1 aromatic heterocycles. The lowest BCUT2D eigenvalue weighted by molar-refractivity contribution is 0.102. The summed E-state index contributed by atoms with van der Waals surface area (Å²) in [5, 5.41) is 3.84. The van der Waals surface area contributed by atoms with Gasteiger partial charge in [-0.2, -0.15) is 0 Å². The Balaban J connectivity index is 1.40. The first-order valence-electron chi connectivity index (χ1n) is 9.75. The SMILES string of the molecule is COc1cccc(S(=O)(=O)NCc2ccc(C(=O)Nc3ccc4sc(C)nc4c3)cc2)c1. The minimum Gasteiger partial charge on any atom is -0.497 e. The van der Waals surface area contributed by atoms with Gasteiger partial charge in [0.15, 0.2) is 0 Å². The van der Waals surface area contributed by atoms with Gasteiger partial charge in [-0.05, 0) is 55.0 Å². The van der Waals surface area contributed by atoms with E-state index in [0.717, 1.165) is 20.8 Å². The molecule has 3 aromatic carbocycles. The highest BCUT2D eigenvalue weighted by molar-refractivity contribution is 7.89. The quantitative estimate of drug-likeness (QED) is 0.421. The number of carbonyl (C=O) groups excluding carboxylic acids is 1. The summed E-state index contributed by atoms with van der Waals surface area (Å²) >= 11 is 1.61. The summed E-state index contributed by atoms with van der Waals surface area (Å²) in [5.74, 6) is 0.215. The third-order valence-electron chi connectivity index (χ3n) is 4.79. The molecule has 0 fully saturated rings. The van der Waals surface area contributed by atoms with E-state index in [9.17, 15) is 13.2 Å². The molecule has 0 spiro atoms. The molecule has 0 aliphatic heterocycles. The molecular formula is C23H21N3O4S2. The van der Waals surface area contributed by atoms with Crippen molar-refractivity contribution in [3.8, 4) is 5.75 Å². The minimum atomic E-state index is -3.69. The number of nitrogens with one attached hydrogen (secondary N) is 2. The number of aromatic nitrogens is 1. The molecule has 4 rings (SSSR count). The standard InChI is InChI=1S/C23H21N3O4S2/c1-15-25-21-12-18(10-11-22(21)31-15)26-23(27)17-8-6-16(7-9-17)14-24-32(28,29)20-5-3-4-19(13-20)30-2/h3-13,24H,14H2,1-2H3,(H,26,27). The molecule has 9 heteroatoms. The van der Waals surface area contributed by atoms with Crippen LogP contribution in [0.3, 0.4) is 0 Å². The molecule has 7 nitrogen and oxygen atoms in total. The second-order valence-electron chi connectivity index (χ2n) is 7.07. The summed E-state index contributed by atoms with van der Waals surface area (Å²) in [6.45, 7) is 2.04. The molecular weight excluding hydrogens is 446 g/mol. The maximum absolute atomic E-state index is 12.6. The Morgan fingerprint density at radius 3 is 2.59 bits per heavy atom. The van der Waals surface area contributed by atoms with E-state index in [0.29, 0.717) is 17.0 Å². The number of ether oxygens (including phenoxy) is 1. The van der Waals surface area contributed by atoms with E-state index >= 15 is 0 Å². The van der Waals surface area contributed by atoms with Crippen molar-refractivity contribution in [2.24, 2.45) is 0 Å². The van der Waals surface area contributed by atoms with Gasteiger partial charge in [-0.1, -0.05) is 18.2 Å². The lowest BCUT2D eigenvalue weighted by Gasteiger charge is -2.09. The first kappa shape index (κ1) is 21.9. The van der Waals surface area contributed by atoms with Crippen molar-refractivity contribution in [2.45, 2.75) is 18.4 Å². The number of rotatable bonds is 7. The predicted molar refractivity (Wildman–Crippen MR) is 126 cm³/mol. The number of fused-ring (bicyclic) bond motifs is 1. The summed E-state index contributed by atoms with van der Waals surface area (Å²) in [5.41, 5.74) is 2.72. The molecule has 4 aromatic rings. The second kappa shape index (κ2) is 9.07. The van der Waals surface area contributed by atoms with Crippen LogP contribution in [0, 0.1) is 6.92 Å². The molecule has 32 heavy (non-hydrogen) atoms. The van der Waals surface area contributed by atoms with Crippen molar-refractivity contribution in [1.82, 2.24) is 9.71 Å². The van der Waals surface area contributed by atoms with Gasteiger partial charge in [-0.3, -0.25) is 4.79 Å². The van der Waals surface area contributed by atoms with Crippen molar-refractivity contribution < 1.29 is 17.9 Å². The summed E-state index contributed by atoms with van der Waals surface area (Å²) in [7, 11) is -2.21. The fourth-order valence-electron chi connectivity index (χ4n) is 3.13. The molecule has 0 atom stereocenters. The number of hydrogen-bond acceptors (Lipinski definition) is 6. The van der Waals surface area contributed by atoms with Gasteiger partial charge in [-0.25, -0.2) is 18.1 Å². The van der Waals surface area contributed by atoms with Crippen molar-refractivity contribution in [1.29, 1.82) is 0 Å². The Labute approximate surface area is 190 Å². The van der Waals surface area contributed by atoms with Gasteiger partial charge in [0, 0.05) is 23.9 Å². The van der Waals surface area contributed by atoms with E-state index in [1.165, 1.54) is 19.2 Å². The zero-order valence-electron chi connectivity index (χ0n) is 17.5. The number of anilines is 1. The van der Waals surface area contributed by atoms with Gasteiger partial charge in [0.1, 0.15) is 5.75 Å². The van der Waals surface area contributed by atoms with Crippen LogP contribution in [0.5, 0.6) is 5.75 Å². The fourth-order valence-corrected chi connectivity index (χ4v) is 4.99. The van der Waals surface area contributed by atoms with E-state index in [-0.39, 0.29) is 17.3 Å². The van der Waals surface area contributed by atoms with Crippen molar-refractivity contribution in [2.75, 3.05) is 12.4 Å². The molecule has 0 saturated heterocycles.